The molecule has 2 N–H and O–H groups in total. The topological polar surface area (TPSA) is 49.7 Å². The van der Waals surface area contributed by atoms with Gasteiger partial charge in [-0.05, 0) is 6.42 Å². The first-order valence-electron chi connectivity index (χ1n) is 2.91. The van der Waals surface area contributed by atoms with Crippen LogP contribution in [0.2, 0.25) is 0 Å². The Kier molecular flexibility index (Phi) is 5.01. The molecule has 0 aromatic heterocycles. The van der Waals surface area contributed by atoms with Crippen molar-refractivity contribution in [3.63, 3.8) is 0 Å². The Labute approximate surface area is 54.6 Å². The van der Waals surface area contributed by atoms with Crippen molar-refractivity contribution >= 4 is 0 Å². The summed E-state index contributed by atoms with van der Waals surface area (Å²) in [5.74, 6) is 0.338. The Morgan fingerprint density at radius 2 is 2.11 bits per heavy atom. The summed E-state index contributed by atoms with van der Waals surface area (Å²) in [6.45, 7) is 2.65. The van der Waals surface area contributed by atoms with Crippen molar-refractivity contribution in [3.05, 3.63) is 12.0 Å². The maximum Gasteiger partial charge on any atom is 0.164 e. The molecule has 0 atom stereocenters. The van der Waals surface area contributed by atoms with Crippen LogP contribution in [-0.2, 0) is 4.74 Å². The van der Waals surface area contributed by atoms with E-state index in [1.54, 1.807) is 0 Å². The van der Waals surface area contributed by atoms with Gasteiger partial charge in [0.15, 0.2) is 5.76 Å². The van der Waals surface area contributed by atoms with E-state index in [9.17, 15) is 0 Å². The SMILES string of the molecule is CCCO.OC1=COC1. The van der Waals surface area contributed by atoms with E-state index in [1.165, 1.54) is 6.26 Å². The van der Waals surface area contributed by atoms with Crippen LogP contribution < -0.4 is 0 Å². The Morgan fingerprint density at radius 3 is 2.11 bits per heavy atom. The Morgan fingerprint density at radius 1 is 1.78 bits per heavy atom. The Balaban J connectivity index is 0.000000148. The van der Waals surface area contributed by atoms with E-state index in [0.717, 1.165) is 6.42 Å². The minimum Gasteiger partial charge on any atom is -0.506 e. The summed E-state index contributed by atoms with van der Waals surface area (Å²) in [6.07, 6.45) is 2.19. The van der Waals surface area contributed by atoms with Crippen LogP contribution >= 0.6 is 0 Å². The molecule has 1 heterocycles. The maximum absolute atomic E-state index is 8.18. The number of aliphatic hydroxyl groups is 2. The van der Waals surface area contributed by atoms with E-state index in [-0.39, 0.29) is 0 Å². The largest absolute Gasteiger partial charge is 0.506 e. The fourth-order valence-electron chi connectivity index (χ4n) is 0.158. The van der Waals surface area contributed by atoms with Gasteiger partial charge in [-0.25, -0.2) is 0 Å². The molecule has 0 aromatic rings. The summed E-state index contributed by atoms with van der Waals surface area (Å²) in [5.41, 5.74) is 0. The van der Waals surface area contributed by atoms with Gasteiger partial charge in [0, 0.05) is 6.61 Å². The molecule has 3 heteroatoms. The molecular formula is C6H12O3. The van der Waals surface area contributed by atoms with Gasteiger partial charge in [-0.1, -0.05) is 6.92 Å². The standard InChI is InChI=1S/C3H4O2.C3H8O/c4-3-1-5-2-3;1-2-3-4/h1,4H,2H2;4H,2-3H2,1H3. The summed E-state index contributed by atoms with van der Waals surface area (Å²) in [7, 11) is 0. The number of hydrogen-bond donors (Lipinski definition) is 2. The molecule has 0 saturated heterocycles. The van der Waals surface area contributed by atoms with E-state index < -0.39 is 0 Å². The van der Waals surface area contributed by atoms with E-state index in [1.807, 2.05) is 6.92 Å². The van der Waals surface area contributed by atoms with Gasteiger partial charge in [0.25, 0.3) is 0 Å². The van der Waals surface area contributed by atoms with Crippen LogP contribution in [0.5, 0.6) is 0 Å². The minimum absolute atomic E-state index is 0.319. The van der Waals surface area contributed by atoms with Crippen LogP contribution in [-0.4, -0.2) is 23.4 Å². The zero-order chi connectivity index (χ0) is 7.11. The molecule has 0 aliphatic carbocycles. The van der Waals surface area contributed by atoms with Crippen LogP contribution in [0.3, 0.4) is 0 Å². The maximum atomic E-state index is 8.18. The summed E-state index contributed by atoms with van der Waals surface area (Å²) < 4.78 is 4.42. The Bertz CT molecular complexity index is 86.3. The molecule has 0 radical (unpaired) electrons. The predicted molar refractivity (Wildman–Crippen MR) is 34.0 cm³/mol. The highest BCUT2D eigenvalue weighted by Crippen LogP contribution is 1.99. The number of ether oxygens (including phenoxy) is 1. The van der Waals surface area contributed by atoms with Crippen LogP contribution in [0.15, 0.2) is 12.0 Å². The molecule has 1 rings (SSSR count). The fraction of sp³-hybridized carbons (Fsp3) is 0.667. The minimum atomic E-state index is 0.319. The average molecular weight is 132 g/mol. The highest BCUT2D eigenvalue weighted by molar-refractivity contribution is 4.92. The molecule has 9 heavy (non-hydrogen) atoms. The lowest BCUT2D eigenvalue weighted by Crippen LogP contribution is -2.02. The second-order valence-corrected chi connectivity index (χ2v) is 1.64. The molecule has 0 fully saturated rings. The summed E-state index contributed by atoms with van der Waals surface area (Å²) in [6, 6.07) is 0. The first kappa shape index (κ1) is 8.30. The molecule has 54 valence electrons. The lowest BCUT2D eigenvalue weighted by Gasteiger charge is -2.06. The van der Waals surface area contributed by atoms with E-state index in [4.69, 9.17) is 10.2 Å². The molecule has 1 aliphatic heterocycles. The summed E-state index contributed by atoms with van der Waals surface area (Å²) >= 11 is 0. The molecule has 1 aliphatic rings. The van der Waals surface area contributed by atoms with Gasteiger partial charge in [-0.3, -0.25) is 0 Å². The Hall–Kier alpha value is -0.700. The van der Waals surface area contributed by atoms with Gasteiger partial charge in [-0.15, -0.1) is 0 Å². The molecule has 0 unspecified atom stereocenters. The highest BCUT2D eigenvalue weighted by Gasteiger charge is 1.99. The molecule has 0 aromatic carbocycles. The monoisotopic (exact) mass is 132 g/mol. The van der Waals surface area contributed by atoms with E-state index in [2.05, 4.69) is 4.74 Å². The van der Waals surface area contributed by atoms with E-state index in [0.29, 0.717) is 19.0 Å². The zero-order valence-corrected chi connectivity index (χ0v) is 5.50. The van der Waals surface area contributed by atoms with Gasteiger partial charge in [0.1, 0.15) is 12.9 Å². The fourth-order valence-corrected chi connectivity index (χ4v) is 0.158. The molecule has 0 amide bonds. The van der Waals surface area contributed by atoms with Gasteiger partial charge >= 0.3 is 0 Å². The van der Waals surface area contributed by atoms with Crippen molar-refractivity contribution in [1.82, 2.24) is 0 Å². The lowest BCUT2D eigenvalue weighted by atomic mass is 10.5. The summed E-state index contributed by atoms with van der Waals surface area (Å²) in [5, 5.41) is 16.1. The van der Waals surface area contributed by atoms with Crippen molar-refractivity contribution in [1.29, 1.82) is 0 Å². The summed E-state index contributed by atoms with van der Waals surface area (Å²) in [4.78, 5) is 0. The van der Waals surface area contributed by atoms with Crippen molar-refractivity contribution in [2.75, 3.05) is 13.2 Å². The second-order valence-electron chi connectivity index (χ2n) is 1.64. The molecule has 3 nitrogen and oxygen atoms in total. The van der Waals surface area contributed by atoms with Crippen molar-refractivity contribution in [2.45, 2.75) is 13.3 Å². The predicted octanol–water partition coefficient (Wildman–Crippen LogP) is 0.805. The number of rotatable bonds is 1. The van der Waals surface area contributed by atoms with Crippen molar-refractivity contribution in [3.8, 4) is 0 Å². The average Bonchev–Trinajstić information content (AvgIpc) is 1.84. The smallest absolute Gasteiger partial charge is 0.164 e. The number of aliphatic hydroxyl groups excluding tert-OH is 2. The first-order valence-corrected chi connectivity index (χ1v) is 2.91. The highest BCUT2D eigenvalue weighted by atomic mass is 16.5. The normalized spacial score (nSPS) is 13.8. The molecule has 0 spiro atoms. The van der Waals surface area contributed by atoms with Crippen LogP contribution in [0.4, 0.5) is 0 Å². The van der Waals surface area contributed by atoms with Gasteiger partial charge in [0.2, 0.25) is 0 Å². The number of hydrogen-bond acceptors (Lipinski definition) is 3. The zero-order valence-electron chi connectivity index (χ0n) is 5.50. The van der Waals surface area contributed by atoms with Gasteiger partial charge in [0.05, 0.1) is 0 Å². The first-order chi connectivity index (χ1) is 4.31. The van der Waals surface area contributed by atoms with E-state index >= 15 is 0 Å². The lowest BCUT2D eigenvalue weighted by molar-refractivity contribution is 0.146. The molecule has 0 bridgehead atoms. The van der Waals surface area contributed by atoms with Crippen LogP contribution in [0, 0.1) is 0 Å². The molecule has 0 saturated carbocycles. The van der Waals surface area contributed by atoms with Gasteiger partial charge < -0.3 is 14.9 Å². The second kappa shape index (κ2) is 5.44. The third-order valence-electron chi connectivity index (χ3n) is 0.674. The van der Waals surface area contributed by atoms with Crippen LogP contribution in [0.1, 0.15) is 13.3 Å². The third-order valence-corrected chi connectivity index (χ3v) is 0.674. The third kappa shape index (κ3) is 5.17. The van der Waals surface area contributed by atoms with Gasteiger partial charge in [-0.2, -0.15) is 0 Å². The van der Waals surface area contributed by atoms with Crippen LogP contribution in [0.25, 0.3) is 0 Å². The quantitative estimate of drug-likeness (QED) is 0.555. The van der Waals surface area contributed by atoms with Crippen molar-refractivity contribution < 1.29 is 14.9 Å². The van der Waals surface area contributed by atoms with Crippen molar-refractivity contribution in [2.24, 2.45) is 0 Å². The molecular weight excluding hydrogens is 120 g/mol.